The Morgan fingerprint density at radius 1 is 1.05 bits per heavy atom. The van der Waals surface area contributed by atoms with Gasteiger partial charge in [-0.15, -0.1) is 0 Å². The van der Waals surface area contributed by atoms with Crippen molar-refractivity contribution in [3.63, 3.8) is 0 Å². The summed E-state index contributed by atoms with van der Waals surface area (Å²) in [6.07, 6.45) is 4.87. The van der Waals surface area contributed by atoms with Crippen LogP contribution in [0.15, 0.2) is 48.7 Å². The van der Waals surface area contributed by atoms with E-state index in [1.807, 2.05) is 30.3 Å². The van der Waals surface area contributed by atoms with Gasteiger partial charge >= 0.3 is 6.09 Å². The summed E-state index contributed by atoms with van der Waals surface area (Å²) in [6.45, 7) is 2.10. The summed E-state index contributed by atoms with van der Waals surface area (Å²) < 4.78 is 5.18. The Morgan fingerprint density at radius 2 is 1.82 bits per heavy atom. The number of rotatable bonds is 3. The van der Waals surface area contributed by atoms with Crippen molar-refractivity contribution in [2.24, 2.45) is 0 Å². The summed E-state index contributed by atoms with van der Waals surface area (Å²) in [7, 11) is 0. The maximum absolute atomic E-state index is 11.8. The Hall–Kier alpha value is -2.56. The molecule has 5 heteroatoms. The Kier molecular flexibility index (Phi) is 4.53. The van der Waals surface area contributed by atoms with Gasteiger partial charge in [-0.2, -0.15) is 0 Å². The first-order chi connectivity index (χ1) is 10.8. The van der Waals surface area contributed by atoms with E-state index >= 15 is 0 Å². The zero-order valence-corrected chi connectivity index (χ0v) is 12.4. The molecular formula is C17H19N3O2. The molecule has 0 bridgehead atoms. The zero-order chi connectivity index (χ0) is 15.2. The second-order valence-electron chi connectivity index (χ2n) is 5.28. The highest BCUT2D eigenvalue weighted by Crippen LogP contribution is 2.19. The average molecular weight is 297 g/mol. The second kappa shape index (κ2) is 6.93. The number of hydrogen-bond acceptors (Lipinski definition) is 4. The summed E-state index contributed by atoms with van der Waals surface area (Å²) in [6, 6.07) is 12.8. The predicted octanol–water partition coefficient (Wildman–Crippen LogP) is 3.68. The molecule has 1 aliphatic heterocycles. The molecule has 1 amide bonds. The van der Waals surface area contributed by atoms with Gasteiger partial charge in [0.05, 0.1) is 11.9 Å². The molecule has 2 heterocycles. The van der Waals surface area contributed by atoms with E-state index in [1.54, 1.807) is 18.3 Å². The molecule has 0 unspecified atom stereocenters. The monoisotopic (exact) mass is 297 g/mol. The van der Waals surface area contributed by atoms with Gasteiger partial charge in [-0.25, -0.2) is 9.78 Å². The maximum atomic E-state index is 11.8. The fourth-order valence-electron chi connectivity index (χ4n) is 2.51. The Balaban J connectivity index is 1.57. The van der Waals surface area contributed by atoms with Gasteiger partial charge in [-0.1, -0.05) is 18.2 Å². The van der Waals surface area contributed by atoms with Crippen LogP contribution >= 0.6 is 0 Å². The molecule has 1 N–H and O–H groups in total. The van der Waals surface area contributed by atoms with Gasteiger partial charge in [0.25, 0.3) is 0 Å². The Morgan fingerprint density at radius 3 is 2.50 bits per heavy atom. The number of aromatic nitrogens is 1. The summed E-state index contributed by atoms with van der Waals surface area (Å²) in [4.78, 5) is 18.5. The van der Waals surface area contributed by atoms with Gasteiger partial charge in [0.15, 0.2) is 0 Å². The third-order valence-corrected chi connectivity index (χ3v) is 3.63. The van der Waals surface area contributed by atoms with Gasteiger partial charge in [-0.3, -0.25) is 5.32 Å². The number of ether oxygens (including phenoxy) is 1. The minimum absolute atomic E-state index is 0.512. The van der Waals surface area contributed by atoms with Crippen LogP contribution in [0.25, 0.3) is 0 Å². The molecule has 1 saturated heterocycles. The van der Waals surface area contributed by atoms with Crippen molar-refractivity contribution in [1.82, 2.24) is 4.98 Å². The van der Waals surface area contributed by atoms with E-state index in [1.165, 1.54) is 19.3 Å². The summed E-state index contributed by atoms with van der Waals surface area (Å²) in [5, 5.41) is 2.68. The SMILES string of the molecule is O=C(Nc1ccc(N2CCCCC2)nc1)Oc1ccccc1. The Labute approximate surface area is 129 Å². The molecule has 114 valence electrons. The lowest BCUT2D eigenvalue weighted by atomic mass is 10.1. The van der Waals surface area contributed by atoms with Crippen molar-refractivity contribution in [1.29, 1.82) is 0 Å². The zero-order valence-electron chi connectivity index (χ0n) is 12.4. The first-order valence-corrected chi connectivity index (χ1v) is 7.56. The molecule has 0 radical (unpaired) electrons. The van der Waals surface area contributed by atoms with Crippen molar-refractivity contribution in [3.8, 4) is 5.75 Å². The maximum Gasteiger partial charge on any atom is 0.417 e. The molecule has 1 aromatic heterocycles. The largest absolute Gasteiger partial charge is 0.417 e. The van der Waals surface area contributed by atoms with E-state index in [-0.39, 0.29) is 0 Å². The van der Waals surface area contributed by atoms with Gasteiger partial charge in [0.1, 0.15) is 11.6 Å². The third-order valence-electron chi connectivity index (χ3n) is 3.63. The highest BCUT2D eigenvalue weighted by molar-refractivity contribution is 5.86. The number of anilines is 2. The quantitative estimate of drug-likeness (QED) is 0.939. The molecule has 2 aromatic rings. The minimum Gasteiger partial charge on any atom is -0.410 e. The number of para-hydroxylation sites is 1. The first-order valence-electron chi connectivity index (χ1n) is 7.56. The van der Waals surface area contributed by atoms with Gasteiger partial charge < -0.3 is 9.64 Å². The van der Waals surface area contributed by atoms with Crippen molar-refractivity contribution in [3.05, 3.63) is 48.7 Å². The van der Waals surface area contributed by atoms with Gasteiger partial charge in [0, 0.05) is 13.1 Å². The first kappa shape index (κ1) is 14.4. The molecule has 0 spiro atoms. The van der Waals surface area contributed by atoms with E-state index in [0.717, 1.165) is 18.9 Å². The number of nitrogens with one attached hydrogen (secondary N) is 1. The van der Waals surface area contributed by atoms with E-state index in [4.69, 9.17) is 4.74 Å². The summed E-state index contributed by atoms with van der Waals surface area (Å²) in [5.74, 6) is 1.47. The fraction of sp³-hybridized carbons (Fsp3) is 0.294. The molecule has 5 nitrogen and oxygen atoms in total. The normalized spacial score (nSPS) is 14.5. The van der Waals surface area contributed by atoms with Crippen LogP contribution in [0.1, 0.15) is 19.3 Å². The molecule has 22 heavy (non-hydrogen) atoms. The standard InChI is InChI=1S/C17H19N3O2/c21-17(22-15-7-3-1-4-8-15)19-14-9-10-16(18-13-14)20-11-5-2-6-12-20/h1,3-4,7-10,13H,2,5-6,11-12H2,(H,19,21). The number of pyridine rings is 1. The number of amides is 1. The van der Waals surface area contributed by atoms with Gasteiger partial charge in [0.2, 0.25) is 0 Å². The van der Waals surface area contributed by atoms with Crippen LogP contribution in [0.5, 0.6) is 5.75 Å². The lowest BCUT2D eigenvalue weighted by molar-refractivity contribution is 0.215. The third kappa shape index (κ3) is 3.75. The molecule has 0 saturated carbocycles. The average Bonchev–Trinajstić information content (AvgIpc) is 2.57. The topological polar surface area (TPSA) is 54.5 Å². The fourth-order valence-corrected chi connectivity index (χ4v) is 2.51. The number of benzene rings is 1. The highest BCUT2D eigenvalue weighted by Gasteiger charge is 2.12. The van der Waals surface area contributed by atoms with E-state index in [0.29, 0.717) is 11.4 Å². The van der Waals surface area contributed by atoms with Crippen LogP contribution in [0.2, 0.25) is 0 Å². The van der Waals surface area contributed by atoms with Crippen LogP contribution in [-0.2, 0) is 0 Å². The number of piperidine rings is 1. The predicted molar refractivity (Wildman–Crippen MR) is 86.4 cm³/mol. The minimum atomic E-state index is -0.515. The lowest BCUT2D eigenvalue weighted by Crippen LogP contribution is -2.30. The van der Waals surface area contributed by atoms with E-state index in [9.17, 15) is 4.79 Å². The summed E-state index contributed by atoms with van der Waals surface area (Å²) >= 11 is 0. The van der Waals surface area contributed by atoms with Crippen molar-refractivity contribution >= 4 is 17.6 Å². The molecule has 1 aromatic carbocycles. The lowest BCUT2D eigenvalue weighted by Gasteiger charge is -2.27. The molecule has 3 rings (SSSR count). The molecule has 0 aliphatic carbocycles. The molecule has 1 aliphatic rings. The molecule has 1 fully saturated rings. The van der Waals surface area contributed by atoms with Crippen LogP contribution in [0.4, 0.5) is 16.3 Å². The van der Waals surface area contributed by atoms with Crippen LogP contribution in [-0.4, -0.2) is 24.2 Å². The van der Waals surface area contributed by atoms with Gasteiger partial charge in [-0.05, 0) is 43.5 Å². The number of hydrogen-bond donors (Lipinski definition) is 1. The van der Waals surface area contributed by atoms with Crippen LogP contribution in [0, 0.1) is 0 Å². The van der Waals surface area contributed by atoms with Crippen LogP contribution in [0.3, 0.4) is 0 Å². The van der Waals surface area contributed by atoms with Crippen molar-refractivity contribution < 1.29 is 9.53 Å². The second-order valence-corrected chi connectivity index (χ2v) is 5.28. The highest BCUT2D eigenvalue weighted by atomic mass is 16.6. The number of nitrogens with zero attached hydrogens (tertiary/aromatic N) is 2. The molecule has 0 atom stereocenters. The smallest absolute Gasteiger partial charge is 0.410 e. The van der Waals surface area contributed by atoms with Crippen molar-refractivity contribution in [2.45, 2.75) is 19.3 Å². The van der Waals surface area contributed by atoms with Crippen LogP contribution < -0.4 is 15.0 Å². The Bertz CT molecular complexity index is 608. The summed E-state index contributed by atoms with van der Waals surface area (Å²) in [5.41, 5.74) is 0.627. The van der Waals surface area contributed by atoms with E-state index in [2.05, 4.69) is 15.2 Å². The number of carbonyl (C=O) groups is 1. The number of carbonyl (C=O) groups excluding carboxylic acids is 1. The van der Waals surface area contributed by atoms with Crippen molar-refractivity contribution in [2.75, 3.05) is 23.3 Å². The molecular weight excluding hydrogens is 278 g/mol. The van der Waals surface area contributed by atoms with E-state index < -0.39 is 6.09 Å².